The van der Waals surface area contributed by atoms with Crippen LogP contribution in [-0.4, -0.2) is 45.6 Å². The number of carbonyl (C=O) groups is 1. The molecule has 1 amide bonds. The third-order valence-corrected chi connectivity index (χ3v) is 8.37. The molecule has 0 bridgehead atoms. The Morgan fingerprint density at radius 3 is 2.60 bits per heavy atom. The summed E-state index contributed by atoms with van der Waals surface area (Å²) in [5.41, 5.74) is 2.18. The van der Waals surface area contributed by atoms with Crippen LogP contribution < -0.4 is 0 Å². The average molecular weight is 590 g/mol. The number of amides is 1. The summed E-state index contributed by atoms with van der Waals surface area (Å²) in [5.74, 6) is -0.592. The van der Waals surface area contributed by atoms with Crippen LogP contribution in [0.1, 0.15) is 45.0 Å². The predicted molar refractivity (Wildman–Crippen MR) is 157 cm³/mol. The third kappa shape index (κ3) is 6.32. The molecule has 3 heterocycles. The molecule has 0 aliphatic carbocycles. The number of carbonyl (C=O) groups excluding carboxylic acids is 1. The van der Waals surface area contributed by atoms with E-state index in [1.807, 2.05) is 31.3 Å². The highest BCUT2D eigenvalue weighted by Crippen LogP contribution is 2.44. The first-order valence-electron chi connectivity index (χ1n) is 13.6. The van der Waals surface area contributed by atoms with Crippen molar-refractivity contribution in [1.29, 1.82) is 5.26 Å². The van der Waals surface area contributed by atoms with Crippen molar-refractivity contribution in [2.75, 3.05) is 20.1 Å². The number of hydrogen-bond donors (Lipinski definition) is 0. The van der Waals surface area contributed by atoms with Gasteiger partial charge in [0.1, 0.15) is 10.9 Å². The molecule has 0 saturated heterocycles. The number of aromatic nitrogens is 2. The molecule has 10 heteroatoms. The standard InChI is InChI=1S/C32H30F3N5OS/c1-3-40-20-28(31(37-40)32(33,34)35)25-13-8-7-12-24(25)27-19-39(21-29-26(27)16-23(17-36)42-29)30(41)14-9-15-38(2)18-22-10-5-4-6-11-22/h4-14,16,20,27H,3,15,18-19,21H2,1-2H3/b14-9+. The lowest BCUT2D eigenvalue weighted by molar-refractivity contribution is -0.141. The zero-order valence-corrected chi connectivity index (χ0v) is 24.1. The van der Waals surface area contributed by atoms with E-state index in [-0.39, 0.29) is 18.0 Å². The van der Waals surface area contributed by atoms with Gasteiger partial charge in [0, 0.05) is 54.8 Å². The van der Waals surface area contributed by atoms with Gasteiger partial charge in [-0.05, 0) is 42.3 Å². The van der Waals surface area contributed by atoms with Crippen LogP contribution in [0.4, 0.5) is 13.2 Å². The number of alkyl halides is 3. The lowest BCUT2D eigenvalue weighted by atomic mass is 9.83. The minimum Gasteiger partial charge on any atom is -0.333 e. The fourth-order valence-corrected chi connectivity index (χ4v) is 6.38. The Morgan fingerprint density at radius 1 is 1.14 bits per heavy atom. The molecule has 5 rings (SSSR count). The number of fused-ring (bicyclic) bond motifs is 1. The van der Waals surface area contributed by atoms with Gasteiger partial charge < -0.3 is 4.90 Å². The molecule has 42 heavy (non-hydrogen) atoms. The maximum atomic E-state index is 14.0. The van der Waals surface area contributed by atoms with Crippen molar-refractivity contribution >= 4 is 17.2 Å². The van der Waals surface area contributed by atoms with Gasteiger partial charge in [-0.25, -0.2) is 0 Å². The van der Waals surface area contributed by atoms with E-state index in [0.29, 0.717) is 35.6 Å². The fraction of sp³-hybridized carbons (Fsp3) is 0.281. The van der Waals surface area contributed by atoms with Crippen molar-refractivity contribution in [2.24, 2.45) is 0 Å². The number of aryl methyl sites for hydroxylation is 1. The SMILES string of the molecule is CCn1cc(-c2ccccc2C2CN(C(=O)/C=C/CN(C)Cc3ccccc3)Cc3sc(C#N)cc32)c(C(F)(F)F)n1. The summed E-state index contributed by atoms with van der Waals surface area (Å²) in [6.07, 6.45) is 0.184. The second-order valence-corrected chi connectivity index (χ2v) is 11.4. The monoisotopic (exact) mass is 589 g/mol. The van der Waals surface area contributed by atoms with E-state index >= 15 is 0 Å². The maximum absolute atomic E-state index is 14.0. The minimum atomic E-state index is -4.63. The van der Waals surface area contributed by atoms with E-state index in [4.69, 9.17) is 0 Å². The number of thiophene rings is 1. The number of likely N-dealkylation sites (N-methyl/N-ethyl adjacent to an activating group) is 1. The molecular weight excluding hydrogens is 559 g/mol. The van der Waals surface area contributed by atoms with Crippen molar-refractivity contribution < 1.29 is 18.0 Å². The van der Waals surface area contributed by atoms with E-state index in [9.17, 15) is 23.2 Å². The molecule has 0 fully saturated rings. The van der Waals surface area contributed by atoms with E-state index in [1.165, 1.54) is 27.8 Å². The fourth-order valence-electron chi connectivity index (χ4n) is 5.34. The van der Waals surface area contributed by atoms with Gasteiger partial charge in [-0.15, -0.1) is 11.3 Å². The molecule has 2 aromatic carbocycles. The highest BCUT2D eigenvalue weighted by atomic mass is 32.1. The van der Waals surface area contributed by atoms with Crippen LogP contribution in [0.25, 0.3) is 11.1 Å². The smallest absolute Gasteiger partial charge is 0.333 e. The Labute approximate surface area is 246 Å². The first kappa shape index (κ1) is 29.3. The predicted octanol–water partition coefficient (Wildman–Crippen LogP) is 6.68. The Morgan fingerprint density at radius 2 is 1.88 bits per heavy atom. The maximum Gasteiger partial charge on any atom is 0.435 e. The second kappa shape index (κ2) is 12.3. The van der Waals surface area contributed by atoms with E-state index in [2.05, 4.69) is 28.2 Å². The van der Waals surface area contributed by atoms with Crippen LogP contribution in [0.3, 0.4) is 0 Å². The minimum absolute atomic E-state index is 0.00188. The largest absolute Gasteiger partial charge is 0.435 e. The molecule has 0 saturated carbocycles. The highest BCUT2D eigenvalue weighted by molar-refractivity contribution is 7.12. The van der Waals surface area contributed by atoms with E-state index in [1.54, 1.807) is 48.2 Å². The lowest BCUT2D eigenvalue weighted by Gasteiger charge is -2.33. The Balaban J connectivity index is 1.44. The van der Waals surface area contributed by atoms with Gasteiger partial charge in [-0.3, -0.25) is 14.4 Å². The summed E-state index contributed by atoms with van der Waals surface area (Å²) in [5, 5.41) is 13.4. The Hall–Kier alpha value is -4.20. The summed E-state index contributed by atoms with van der Waals surface area (Å²) in [6, 6.07) is 21.0. The second-order valence-electron chi connectivity index (χ2n) is 10.3. The highest BCUT2D eigenvalue weighted by Gasteiger charge is 2.39. The molecule has 216 valence electrons. The molecule has 1 aliphatic rings. The molecule has 1 aliphatic heterocycles. The molecule has 0 radical (unpaired) electrons. The van der Waals surface area contributed by atoms with Crippen LogP contribution in [0.15, 0.2) is 79.0 Å². The van der Waals surface area contributed by atoms with Crippen molar-refractivity contribution in [3.63, 3.8) is 0 Å². The van der Waals surface area contributed by atoms with Crippen LogP contribution in [0.5, 0.6) is 0 Å². The van der Waals surface area contributed by atoms with Crippen LogP contribution >= 0.6 is 11.3 Å². The summed E-state index contributed by atoms with van der Waals surface area (Å²) in [6.45, 7) is 3.96. The number of rotatable bonds is 8. The van der Waals surface area contributed by atoms with Gasteiger partial charge in [-0.1, -0.05) is 60.7 Å². The van der Waals surface area contributed by atoms with Crippen molar-refractivity contribution in [1.82, 2.24) is 19.6 Å². The quantitative estimate of drug-likeness (QED) is 0.215. The lowest BCUT2D eigenvalue weighted by Crippen LogP contribution is -2.37. The first-order chi connectivity index (χ1) is 20.2. The Kier molecular flexibility index (Phi) is 8.61. The van der Waals surface area contributed by atoms with Crippen molar-refractivity contribution in [3.05, 3.63) is 111 Å². The summed E-state index contributed by atoms with van der Waals surface area (Å²) in [7, 11) is 1.98. The number of nitrogens with zero attached hydrogens (tertiary/aromatic N) is 5. The molecule has 2 aromatic heterocycles. The number of nitriles is 1. The normalized spacial score (nSPS) is 15.3. The summed E-state index contributed by atoms with van der Waals surface area (Å²) in [4.78, 5) is 18.5. The van der Waals surface area contributed by atoms with E-state index in [0.717, 1.165) is 17.0 Å². The van der Waals surface area contributed by atoms with Gasteiger partial charge in [-0.2, -0.15) is 23.5 Å². The number of halogens is 3. The van der Waals surface area contributed by atoms with Gasteiger partial charge >= 0.3 is 6.18 Å². The number of benzene rings is 2. The number of hydrogen-bond acceptors (Lipinski definition) is 5. The summed E-state index contributed by atoms with van der Waals surface area (Å²) >= 11 is 1.32. The van der Waals surface area contributed by atoms with Gasteiger partial charge in [0.2, 0.25) is 5.91 Å². The molecule has 6 nitrogen and oxygen atoms in total. The molecule has 4 aromatic rings. The molecule has 0 spiro atoms. The van der Waals surface area contributed by atoms with Crippen molar-refractivity contribution in [3.8, 4) is 17.2 Å². The first-order valence-corrected chi connectivity index (χ1v) is 14.4. The summed E-state index contributed by atoms with van der Waals surface area (Å²) < 4.78 is 43.4. The van der Waals surface area contributed by atoms with Crippen molar-refractivity contribution in [2.45, 2.75) is 38.7 Å². The Bertz CT molecular complexity index is 1630. The van der Waals surface area contributed by atoms with Crippen LogP contribution in [0, 0.1) is 11.3 Å². The van der Waals surface area contributed by atoms with Crippen LogP contribution in [0.2, 0.25) is 0 Å². The van der Waals surface area contributed by atoms with Gasteiger partial charge in [0.05, 0.1) is 6.54 Å². The zero-order valence-electron chi connectivity index (χ0n) is 23.3. The van der Waals surface area contributed by atoms with Crippen LogP contribution in [-0.2, 0) is 30.6 Å². The molecule has 1 atom stereocenters. The molecular formula is C32H30F3N5OS. The molecule has 1 unspecified atom stereocenters. The average Bonchev–Trinajstić information content (AvgIpc) is 3.62. The topological polar surface area (TPSA) is 65.2 Å². The van der Waals surface area contributed by atoms with Gasteiger partial charge in [0.15, 0.2) is 5.69 Å². The van der Waals surface area contributed by atoms with E-state index < -0.39 is 17.8 Å². The third-order valence-electron chi connectivity index (χ3n) is 7.33. The van der Waals surface area contributed by atoms with Gasteiger partial charge in [0.25, 0.3) is 0 Å². The zero-order chi connectivity index (χ0) is 29.9. The molecule has 0 N–H and O–H groups in total.